The Kier molecular flexibility index (Phi) is 26.2. The molecule has 4 nitrogen and oxygen atoms in total. The fourth-order valence-corrected chi connectivity index (χ4v) is 4.28. The average molecular weight is 503 g/mol. The van der Waals surface area contributed by atoms with E-state index in [0.29, 0.717) is 12.8 Å². The van der Waals surface area contributed by atoms with Crippen LogP contribution in [0.1, 0.15) is 155 Å². The van der Waals surface area contributed by atoms with Gasteiger partial charge in [0, 0.05) is 12.8 Å². The van der Waals surface area contributed by atoms with E-state index in [1.807, 2.05) is 0 Å². The molecule has 0 amide bonds. The van der Waals surface area contributed by atoms with Crippen LogP contribution in [0, 0.1) is 0 Å². The van der Waals surface area contributed by atoms with Crippen molar-refractivity contribution in [1.82, 2.24) is 0 Å². The van der Waals surface area contributed by atoms with Crippen LogP contribution in [-0.2, 0) is 19.1 Å². The molecule has 0 fully saturated rings. The van der Waals surface area contributed by atoms with Gasteiger partial charge in [0.15, 0.2) is 0 Å². The van der Waals surface area contributed by atoms with E-state index >= 15 is 0 Å². The number of carbonyl (C=O) groups is 2. The van der Waals surface area contributed by atoms with Gasteiger partial charge in [-0.25, -0.2) is 0 Å². The lowest BCUT2D eigenvalue weighted by atomic mass is 10.1. The Hall–Kier alpha value is -0.770. The van der Waals surface area contributed by atoms with Gasteiger partial charge < -0.3 is 9.47 Å². The molecular formula is C29H55ClO4. The zero-order valence-corrected chi connectivity index (χ0v) is 23.3. The highest BCUT2D eigenvalue weighted by Gasteiger charge is 2.16. The molecule has 0 aromatic heterocycles. The summed E-state index contributed by atoms with van der Waals surface area (Å²) in [7, 11) is 0. The van der Waals surface area contributed by atoms with Gasteiger partial charge >= 0.3 is 11.9 Å². The first-order valence-electron chi connectivity index (χ1n) is 14.5. The summed E-state index contributed by atoms with van der Waals surface area (Å²) >= 11 is 5.91. The predicted molar refractivity (Wildman–Crippen MR) is 144 cm³/mol. The van der Waals surface area contributed by atoms with Gasteiger partial charge in [0.25, 0.3) is 0 Å². The first kappa shape index (κ1) is 33.2. The van der Waals surface area contributed by atoms with Crippen molar-refractivity contribution in [3.8, 4) is 0 Å². The fourth-order valence-electron chi connectivity index (χ4n) is 4.13. The van der Waals surface area contributed by atoms with E-state index in [2.05, 4.69) is 13.8 Å². The largest absolute Gasteiger partial charge is 0.462 e. The fraction of sp³-hybridized carbons (Fsp3) is 0.931. The third-order valence-electron chi connectivity index (χ3n) is 6.37. The third kappa shape index (κ3) is 24.4. The van der Waals surface area contributed by atoms with Crippen LogP contribution in [0.15, 0.2) is 0 Å². The van der Waals surface area contributed by atoms with Gasteiger partial charge in [0.1, 0.15) is 12.7 Å². The van der Waals surface area contributed by atoms with E-state index in [4.69, 9.17) is 21.1 Å². The molecule has 202 valence electrons. The second-order valence-corrected chi connectivity index (χ2v) is 10.1. The normalized spacial score (nSPS) is 12.0. The Balaban J connectivity index is 3.59. The van der Waals surface area contributed by atoms with Crippen LogP contribution in [0.4, 0.5) is 0 Å². The second kappa shape index (κ2) is 26.8. The van der Waals surface area contributed by atoms with E-state index in [1.165, 1.54) is 103 Å². The van der Waals surface area contributed by atoms with Crippen molar-refractivity contribution in [3.05, 3.63) is 0 Å². The molecule has 0 unspecified atom stereocenters. The molecule has 0 N–H and O–H groups in total. The number of esters is 2. The molecule has 5 heteroatoms. The van der Waals surface area contributed by atoms with Crippen LogP contribution in [0.2, 0.25) is 0 Å². The molecule has 0 aromatic carbocycles. The summed E-state index contributed by atoms with van der Waals surface area (Å²) in [6.07, 6.45) is 25.0. The molecule has 0 aliphatic heterocycles. The molecule has 0 rings (SSSR count). The molecule has 0 bridgehead atoms. The van der Waals surface area contributed by atoms with Crippen LogP contribution < -0.4 is 0 Å². The topological polar surface area (TPSA) is 52.6 Å². The van der Waals surface area contributed by atoms with Gasteiger partial charge in [-0.15, -0.1) is 11.6 Å². The van der Waals surface area contributed by atoms with Crippen molar-refractivity contribution in [2.45, 2.75) is 161 Å². The summed E-state index contributed by atoms with van der Waals surface area (Å²) in [6.45, 7) is 4.54. The standard InChI is InChI=1S/C29H55ClO4/c1-3-5-7-9-11-13-14-16-18-20-22-24-29(32)34-27(25-30)26-33-28(31)23-21-19-17-15-12-10-8-6-4-2/h27H,3-26H2,1-2H3/t27-/m1/s1. The average Bonchev–Trinajstić information content (AvgIpc) is 2.84. The molecule has 0 spiro atoms. The number of rotatable bonds is 26. The smallest absolute Gasteiger partial charge is 0.306 e. The van der Waals surface area contributed by atoms with Gasteiger partial charge in [-0.05, 0) is 12.8 Å². The van der Waals surface area contributed by atoms with Crippen LogP contribution in [-0.4, -0.2) is 30.5 Å². The van der Waals surface area contributed by atoms with Crippen LogP contribution in [0.5, 0.6) is 0 Å². The van der Waals surface area contributed by atoms with Crippen molar-refractivity contribution >= 4 is 23.5 Å². The summed E-state index contributed by atoms with van der Waals surface area (Å²) in [6, 6.07) is 0. The van der Waals surface area contributed by atoms with E-state index in [9.17, 15) is 9.59 Å². The zero-order valence-electron chi connectivity index (χ0n) is 22.6. The van der Waals surface area contributed by atoms with Crippen LogP contribution in [0.25, 0.3) is 0 Å². The molecule has 0 aromatic rings. The number of carbonyl (C=O) groups excluding carboxylic acids is 2. The number of hydrogen-bond acceptors (Lipinski definition) is 4. The molecule has 1 atom stereocenters. The highest BCUT2D eigenvalue weighted by Crippen LogP contribution is 2.13. The van der Waals surface area contributed by atoms with Crippen LogP contribution in [0.3, 0.4) is 0 Å². The summed E-state index contributed by atoms with van der Waals surface area (Å²) in [5.41, 5.74) is 0. The molecule has 0 saturated heterocycles. The predicted octanol–water partition coefficient (Wildman–Crippen LogP) is 9.30. The Bertz CT molecular complexity index is 455. The van der Waals surface area contributed by atoms with Crippen molar-refractivity contribution < 1.29 is 19.1 Å². The molecule has 34 heavy (non-hydrogen) atoms. The number of ether oxygens (including phenoxy) is 2. The first-order chi connectivity index (χ1) is 16.6. The minimum Gasteiger partial charge on any atom is -0.462 e. The number of hydrogen-bond donors (Lipinski definition) is 0. The van der Waals surface area contributed by atoms with Gasteiger partial charge in [-0.1, -0.05) is 129 Å². The lowest BCUT2D eigenvalue weighted by Gasteiger charge is -2.15. The molecule has 0 heterocycles. The van der Waals surface area contributed by atoms with Crippen LogP contribution >= 0.6 is 11.6 Å². The van der Waals surface area contributed by atoms with Gasteiger partial charge in [-0.2, -0.15) is 0 Å². The SMILES string of the molecule is CCCCCCCCCCCCCC(=O)O[C@H](CCl)COC(=O)CCCCCCCCCCC. The van der Waals surface area contributed by atoms with E-state index in [1.54, 1.807) is 0 Å². The van der Waals surface area contributed by atoms with E-state index < -0.39 is 6.10 Å². The summed E-state index contributed by atoms with van der Waals surface area (Å²) in [4.78, 5) is 24.0. The molecule has 0 aliphatic carbocycles. The van der Waals surface area contributed by atoms with Crippen molar-refractivity contribution in [1.29, 1.82) is 0 Å². The third-order valence-corrected chi connectivity index (χ3v) is 6.71. The quantitative estimate of drug-likeness (QED) is 0.0671. The maximum absolute atomic E-state index is 12.1. The Labute approximate surface area is 216 Å². The van der Waals surface area contributed by atoms with Gasteiger partial charge in [0.05, 0.1) is 5.88 Å². The minimum atomic E-state index is -0.547. The highest BCUT2D eigenvalue weighted by molar-refractivity contribution is 6.18. The summed E-state index contributed by atoms with van der Waals surface area (Å²) in [5.74, 6) is -0.314. The molecule has 0 aliphatic rings. The van der Waals surface area contributed by atoms with E-state index in [0.717, 1.165) is 25.7 Å². The lowest BCUT2D eigenvalue weighted by molar-refractivity contribution is -0.157. The number of unbranched alkanes of at least 4 members (excludes halogenated alkanes) is 18. The van der Waals surface area contributed by atoms with Gasteiger partial charge in [0.2, 0.25) is 0 Å². The highest BCUT2D eigenvalue weighted by atomic mass is 35.5. The first-order valence-corrected chi connectivity index (χ1v) is 15.1. The number of alkyl halides is 1. The maximum Gasteiger partial charge on any atom is 0.306 e. The monoisotopic (exact) mass is 502 g/mol. The van der Waals surface area contributed by atoms with E-state index in [-0.39, 0.29) is 24.4 Å². The van der Waals surface area contributed by atoms with Crippen molar-refractivity contribution in [2.75, 3.05) is 12.5 Å². The second-order valence-electron chi connectivity index (χ2n) is 9.81. The Morgan fingerprint density at radius 3 is 1.29 bits per heavy atom. The summed E-state index contributed by atoms with van der Waals surface area (Å²) < 4.78 is 10.7. The lowest BCUT2D eigenvalue weighted by Crippen LogP contribution is -2.26. The number of halogens is 1. The van der Waals surface area contributed by atoms with Crippen molar-refractivity contribution in [2.24, 2.45) is 0 Å². The zero-order chi connectivity index (χ0) is 25.1. The molecule has 0 saturated carbocycles. The minimum absolute atomic E-state index is 0.0593. The Morgan fingerprint density at radius 1 is 0.559 bits per heavy atom. The Morgan fingerprint density at radius 2 is 0.912 bits per heavy atom. The summed E-state index contributed by atoms with van der Waals surface area (Å²) in [5, 5.41) is 0. The van der Waals surface area contributed by atoms with Crippen molar-refractivity contribution in [3.63, 3.8) is 0 Å². The maximum atomic E-state index is 12.1. The molecular weight excluding hydrogens is 448 g/mol. The van der Waals surface area contributed by atoms with Gasteiger partial charge in [-0.3, -0.25) is 9.59 Å². The molecule has 0 radical (unpaired) electrons.